The first-order valence-corrected chi connectivity index (χ1v) is 8.56. The van der Waals surface area contributed by atoms with Crippen LogP contribution in [0.5, 0.6) is 0 Å². The fourth-order valence-electron chi connectivity index (χ4n) is 3.13. The summed E-state index contributed by atoms with van der Waals surface area (Å²) in [5.41, 5.74) is 4.58. The first kappa shape index (κ1) is 16.9. The van der Waals surface area contributed by atoms with Crippen LogP contribution in [-0.2, 0) is 4.74 Å². The van der Waals surface area contributed by atoms with Crippen LogP contribution in [0.3, 0.4) is 0 Å². The largest absolute Gasteiger partial charge is 0.379 e. The van der Waals surface area contributed by atoms with E-state index in [1.54, 1.807) is 0 Å². The molecule has 24 heavy (non-hydrogen) atoms. The molecule has 0 amide bonds. The Balaban J connectivity index is 1.77. The van der Waals surface area contributed by atoms with Crippen LogP contribution in [0.4, 0.5) is 5.95 Å². The SMILES string of the molecule is Cc1ccc(C(CNc2nc(C)cc(C)n2)N2CCOCC2)cc1. The number of nitrogens with zero attached hydrogens (tertiary/aromatic N) is 3. The van der Waals surface area contributed by atoms with Gasteiger partial charge in [-0.15, -0.1) is 0 Å². The topological polar surface area (TPSA) is 50.3 Å². The molecule has 0 saturated carbocycles. The van der Waals surface area contributed by atoms with Crippen molar-refractivity contribution >= 4 is 5.95 Å². The van der Waals surface area contributed by atoms with Crippen molar-refractivity contribution < 1.29 is 4.74 Å². The van der Waals surface area contributed by atoms with E-state index < -0.39 is 0 Å². The zero-order valence-electron chi connectivity index (χ0n) is 14.7. The molecule has 1 fully saturated rings. The van der Waals surface area contributed by atoms with Gasteiger partial charge in [0.05, 0.1) is 19.3 Å². The number of ether oxygens (including phenoxy) is 1. The highest BCUT2D eigenvalue weighted by Crippen LogP contribution is 2.23. The fraction of sp³-hybridized carbons (Fsp3) is 0.474. The van der Waals surface area contributed by atoms with Gasteiger partial charge in [-0.2, -0.15) is 0 Å². The predicted octanol–water partition coefficient (Wildman–Crippen LogP) is 2.89. The average Bonchev–Trinajstić information content (AvgIpc) is 2.57. The maximum Gasteiger partial charge on any atom is 0.223 e. The lowest BCUT2D eigenvalue weighted by Gasteiger charge is -2.35. The van der Waals surface area contributed by atoms with Gasteiger partial charge in [-0.05, 0) is 32.4 Å². The van der Waals surface area contributed by atoms with Gasteiger partial charge in [0.15, 0.2) is 0 Å². The molecule has 2 aromatic rings. The van der Waals surface area contributed by atoms with Crippen molar-refractivity contribution in [1.29, 1.82) is 0 Å². The molecule has 3 rings (SSSR count). The molecule has 2 heterocycles. The predicted molar refractivity (Wildman–Crippen MR) is 96.3 cm³/mol. The summed E-state index contributed by atoms with van der Waals surface area (Å²) in [6.07, 6.45) is 0. The Hall–Kier alpha value is -1.98. The number of hydrogen-bond acceptors (Lipinski definition) is 5. The van der Waals surface area contributed by atoms with Crippen molar-refractivity contribution in [2.24, 2.45) is 0 Å². The zero-order valence-corrected chi connectivity index (χ0v) is 14.7. The molecule has 1 unspecified atom stereocenters. The van der Waals surface area contributed by atoms with Crippen molar-refractivity contribution in [2.75, 3.05) is 38.2 Å². The number of aryl methyl sites for hydroxylation is 3. The molecular formula is C19H26N4O. The summed E-state index contributed by atoms with van der Waals surface area (Å²) in [4.78, 5) is 11.5. The van der Waals surface area contributed by atoms with Crippen molar-refractivity contribution in [2.45, 2.75) is 26.8 Å². The molecule has 1 N–H and O–H groups in total. The second kappa shape index (κ2) is 7.73. The van der Waals surface area contributed by atoms with Crippen LogP contribution >= 0.6 is 0 Å². The molecule has 128 valence electrons. The molecule has 1 aromatic heterocycles. The maximum atomic E-state index is 5.51. The summed E-state index contributed by atoms with van der Waals surface area (Å²) in [6.45, 7) is 10.4. The third-order valence-corrected chi connectivity index (χ3v) is 4.38. The molecule has 1 saturated heterocycles. The van der Waals surface area contributed by atoms with Crippen LogP contribution in [0.2, 0.25) is 0 Å². The molecule has 0 bridgehead atoms. The number of morpholine rings is 1. The third kappa shape index (κ3) is 4.30. The Morgan fingerprint density at radius 2 is 1.67 bits per heavy atom. The lowest BCUT2D eigenvalue weighted by molar-refractivity contribution is 0.0187. The molecular weight excluding hydrogens is 300 g/mol. The van der Waals surface area contributed by atoms with Gasteiger partial charge < -0.3 is 10.1 Å². The second-order valence-electron chi connectivity index (χ2n) is 6.43. The Bertz CT molecular complexity index is 645. The Kier molecular flexibility index (Phi) is 5.43. The normalized spacial score (nSPS) is 16.8. The number of anilines is 1. The molecule has 1 aliphatic rings. The molecule has 5 heteroatoms. The summed E-state index contributed by atoms with van der Waals surface area (Å²) in [5, 5.41) is 3.43. The van der Waals surface area contributed by atoms with Gasteiger partial charge in [0, 0.05) is 31.0 Å². The van der Waals surface area contributed by atoms with E-state index in [0.29, 0.717) is 12.0 Å². The van der Waals surface area contributed by atoms with Crippen molar-refractivity contribution in [1.82, 2.24) is 14.9 Å². The maximum absolute atomic E-state index is 5.51. The van der Waals surface area contributed by atoms with Crippen LogP contribution in [0, 0.1) is 20.8 Å². The molecule has 1 aromatic carbocycles. The minimum Gasteiger partial charge on any atom is -0.379 e. The highest BCUT2D eigenvalue weighted by molar-refractivity contribution is 5.30. The molecule has 5 nitrogen and oxygen atoms in total. The number of nitrogens with one attached hydrogen (secondary N) is 1. The van der Waals surface area contributed by atoms with Gasteiger partial charge in [-0.1, -0.05) is 29.8 Å². The number of benzene rings is 1. The summed E-state index contributed by atoms with van der Waals surface area (Å²) < 4.78 is 5.51. The summed E-state index contributed by atoms with van der Waals surface area (Å²) in [7, 11) is 0. The minimum absolute atomic E-state index is 0.291. The van der Waals surface area contributed by atoms with Gasteiger partial charge in [0.25, 0.3) is 0 Å². The fourth-order valence-corrected chi connectivity index (χ4v) is 3.13. The van der Waals surface area contributed by atoms with Crippen molar-refractivity contribution in [3.05, 3.63) is 52.8 Å². The zero-order chi connectivity index (χ0) is 16.9. The molecule has 1 aliphatic heterocycles. The average molecular weight is 326 g/mol. The number of rotatable bonds is 5. The standard InChI is InChI=1S/C19H26N4O/c1-14-4-6-17(7-5-14)18(23-8-10-24-11-9-23)13-20-19-21-15(2)12-16(3)22-19/h4-7,12,18H,8-11,13H2,1-3H3,(H,20,21,22). The van der Waals surface area contributed by atoms with Gasteiger partial charge >= 0.3 is 0 Å². The first-order chi connectivity index (χ1) is 11.6. The molecule has 0 radical (unpaired) electrons. The van der Waals surface area contributed by atoms with Crippen LogP contribution in [-0.4, -0.2) is 47.7 Å². The van der Waals surface area contributed by atoms with E-state index in [1.165, 1.54) is 11.1 Å². The van der Waals surface area contributed by atoms with E-state index in [-0.39, 0.29) is 0 Å². The van der Waals surface area contributed by atoms with Gasteiger partial charge in [-0.3, -0.25) is 4.90 Å². The lowest BCUT2D eigenvalue weighted by Crippen LogP contribution is -2.41. The number of aromatic nitrogens is 2. The van der Waals surface area contributed by atoms with E-state index in [1.807, 2.05) is 19.9 Å². The summed E-state index contributed by atoms with van der Waals surface area (Å²) in [6, 6.07) is 11.1. The number of hydrogen-bond donors (Lipinski definition) is 1. The second-order valence-corrected chi connectivity index (χ2v) is 6.43. The molecule has 0 aliphatic carbocycles. The smallest absolute Gasteiger partial charge is 0.223 e. The monoisotopic (exact) mass is 326 g/mol. The van der Waals surface area contributed by atoms with Gasteiger partial charge in [0.1, 0.15) is 0 Å². The molecule has 0 spiro atoms. The van der Waals surface area contributed by atoms with Gasteiger partial charge in [0.2, 0.25) is 5.95 Å². The minimum atomic E-state index is 0.291. The van der Waals surface area contributed by atoms with Crippen LogP contribution in [0.25, 0.3) is 0 Å². The Labute approximate surface area is 144 Å². The summed E-state index contributed by atoms with van der Waals surface area (Å²) >= 11 is 0. The highest BCUT2D eigenvalue weighted by atomic mass is 16.5. The lowest BCUT2D eigenvalue weighted by atomic mass is 10.0. The highest BCUT2D eigenvalue weighted by Gasteiger charge is 2.22. The third-order valence-electron chi connectivity index (χ3n) is 4.38. The van der Waals surface area contributed by atoms with E-state index in [2.05, 4.69) is 51.4 Å². The molecule has 1 atom stereocenters. The van der Waals surface area contributed by atoms with Crippen LogP contribution < -0.4 is 5.32 Å². The van der Waals surface area contributed by atoms with Crippen LogP contribution in [0.1, 0.15) is 28.6 Å². The quantitative estimate of drug-likeness (QED) is 0.915. The first-order valence-electron chi connectivity index (χ1n) is 8.56. The van der Waals surface area contributed by atoms with E-state index >= 15 is 0 Å². The van der Waals surface area contributed by atoms with Crippen LogP contribution in [0.15, 0.2) is 30.3 Å². The Morgan fingerprint density at radius 1 is 1.04 bits per heavy atom. The van der Waals surface area contributed by atoms with E-state index in [4.69, 9.17) is 4.74 Å². The van der Waals surface area contributed by atoms with Crippen molar-refractivity contribution in [3.8, 4) is 0 Å². The summed E-state index contributed by atoms with van der Waals surface area (Å²) in [5.74, 6) is 0.706. The van der Waals surface area contributed by atoms with Gasteiger partial charge in [-0.25, -0.2) is 9.97 Å². The Morgan fingerprint density at radius 3 is 2.29 bits per heavy atom. The van der Waals surface area contributed by atoms with E-state index in [0.717, 1.165) is 44.2 Å². The van der Waals surface area contributed by atoms with Crippen molar-refractivity contribution in [3.63, 3.8) is 0 Å². The van der Waals surface area contributed by atoms with E-state index in [9.17, 15) is 0 Å².